The van der Waals surface area contributed by atoms with Gasteiger partial charge in [-0.05, 0) is 45.8 Å². The maximum absolute atomic E-state index is 12.7. The number of halogens is 3. The van der Waals surface area contributed by atoms with Crippen molar-refractivity contribution in [3.05, 3.63) is 63.3 Å². The monoisotopic (exact) mass is 341 g/mol. The molecule has 1 N–H and O–H groups in total. The number of rotatable bonds is 3. The quantitative estimate of drug-likeness (QED) is 0.879. The van der Waals surface area contributed by atoms with Crippen molar-refractivity contribution in [1.82, 2.24) is 0 Å². The number of anilines is 1. The van der Waals surface area contributed by atoms with E-state index >= 15 is 0 Å². The summed E-state index contributed by atoms with van der Waals surface area (Å²) in [4.78, 5) is 11.9. The van der Waals surface area contributed by atoms with E-state index in [0.29, 0.717) is 15.2 Å². The molecule has 0 saturated carbocycles. The molecule has 1 amide bonds. The summed E-state index contributed by atoms with van der Waals surface area (Å²) < 4.78 is 13.4. The Morgan fingerprint density at radius 2 is 1.89 bits per heavy atom. The van der Waals surface area contributed by atoms with Crippen molar-refractivity contribution < 1.29 is 9.18 Å². The minimum absolute atomic E-state index is 0.180. The summed E-state index contributed by atoms with van der Waals surface area (Å²) >= 11 is 9.24. The number of hydrogen-bond acceptors (Lipinski definition) is 1. The maximum Gasteiger partial charge on any atom is 0.228 e. The van der Waals surface area contributed by atoms with E-state index in [4.69, 9.17) is 11.6 Å². The van der Waals surface area contributed by atoms with E-state index in [9.17, 15) is 9.18 Å². The lowest BCUT2D eigenvalue weighted by atomic mass is 10.1. The van der Waals surface area contributed by atoms with Crippen LogP contribution in [0.4, 0.5) is 10.1 Å². The molecule has 0 fully saturated rings. The van der Waals surface area contributed by atoms with Gasteiger partial charge in [-0.15, -0.1) is 0 Å². The second-order valence-electron chi connectivity index (χ2n) is 3.95. The zero-order chi connectivity index (χ0) is 13.8. The first-order chi connectivity index (χ1) is 9.06. The molecule has 0 spiro atoms. The van der Waals surface area contributed by atoms with Crippen molar-refractivity contribution in [2.45, 2.75) is 6.42 Å². The smallest absolute Gasteiger partial charge is 0.228 e. The van der Waals surface area contributed by atoms with E-state index < -0.39 is 0 Å². The molecule has 0 unspecified atom stereocenters. The third-order valence-electron chi connectivity index (χ3n) is 2.50. The van der Waals surface area contributed by atoms with Crippen molar-refractivity contribution >= 4 is 39.1 Å². The standard InChI is InChI=1S/C14H10BrClFNO/c15-14-11(16)2-1-3-12(14)18-13(19)8-9-4-6-10(17)7-5-9/h1-7H,8H2,(H,18,19). The Kier molecular flexibility index (Phi) is 4.56. The van der Waals surface area contributed by atoms with Crippen molar-refractivity contribution in [3.63, 3.8) is 0 Å². The van der Waals surface area contributed by atoms with Gasteiger partial charge in [0, 0.05) is 0 Å². The molecule has 2 aromatic rings. The largest absolute Gasteiger partial charge is 0.325 e. The molecule has 0 aliphatic carbocycles. The van der Waals surface area contributed by atoms with E-state index in [-0.39, 0.29) is 18.1 Å². The predicted molar refractivity (Wildman–Crippen MR) is 77.9 cm³/mol. The summed E-state index contributed by atoms with van der Waals surface area (Å²) in [6, 6.07) is 11.1. The summed E-state index contributed by atoms with van der Waals surface area (Å²) in [5.41, 5.74) is 1.36. The molecule has 0 aliphatic heterocycles. The fraction of sp³-hybridized carbons (Fsp3) is 0.0714. The number of nitrogens with one attached hydrogen (secondary N) is 1. The van der Waals surface area contributed by atoms with Gasteiger partial charge in [-0.2, -0.15) is 0 Å². The van der Waals surface area contributed by atoms with Gasteiger partial charge in [0.1, 0.15) is 5.82 Å². The lowest BCUT2D eigenvalue weighted by molar-refractivity contribution is -0.115. The highest BCUT2D eigenvalue weighted by Crippen LogP contribution is 2.30. The first-order valence-corrected chi connectivity index (χ1v) is 6.71. The van der Waals surface area contributed by atoms with E-state index in [1.54, 1.807) is 30.3 Å². The summed E-state index contributed by atoms with van der Waals surface area (Å²) in [6.07, 6.45) is 0.180. The van der Waals surface area contributed by atoms with Crippen LogP contribution < -0.4 is 5.32 Å². The van der Waals surface area contributed by atoms with Crippen LogP contribution in [0, 0.1) is 5.82 Å². The molecule has 0 bridgehead atoms. The van der Waals surface area contributed by atoms with Gasteiger partial charge in [-0.25, -0.2) is 4.39 Å². The van der Waals surface area contributed by atoms with Crippen LogP contribution in [0.3, 0.4) is 0 Å². The molecule has 5 heteroatoms. The molecule has 2 rings (SSSR count). The van der Waals surface area contributed by atoms with Gasteiger partial charge in [0.2, 0.25) is 5.91 Å². The zero-order valence-electron chi connectivity index (χ0n) is 9.79. The SMILES string of the molecule is O=C(Cc1ccc(F)cc1)Nc1cccc(Cl)c1Br. The van der Waals surface area contributed by atoms with Crippen molar-refractivity contribution in [3.8, 4) is 0 Å². The highest BCUT2D eigenvalue weighted by Gasteiger charge is 2.08. The summed E-state index contributed by atoms with van der Waals surface area (Å²) in [6.45, 7) is 0. The lowest BCUT2D eigenvalue weighted by Gasteiger charge is -2.08. The molecule has 0 aliphatic rings. The van der Waals surface area contributed by atoms with Gasteiger partial charge in [0.05, 0.1) is 21.6 Å². The van der Waals surface area contributed by atoms with Gasteiger partial charge in [-0.3, -0.25) is 4.79 Å². The second kappa shape index (κ2) is 6.17. The average molecular weight is 343 g/mol. The number of hydrogen-bond donors (Lipinski definition) is 1. The number of amides is 1. The Hall–Kier alpha value is -1.39. The lowest BCUT2D eigenvalue weighted by Crippen LogP contribution is -2.14. The third kappa shape index (κ3) is 3.78. The Morgan fingerprint density at radius 1 is 1.21 bits per heavy atom. The zero-order valence-corrected chi connectivity index (χ0v) is 12.1. The van der Waals surface area contributed by atoms with Crippen molar-refractivity contribution in [1.29, 1.82) is 0 Å². The first-order valence-electron chi connectivity index (χ1n) is 5.54. The normalized spacial score (nSPS) is 10.3. The van der Waals surface area contributed by atoms with Crippen LogP contribution in [0.25, 0.3) is 0 Å². The molecule has 0 radical (unpaired) electrons. The number of carbonyl (C=O) groups excluding carboxylic acids is 1. The van der Waals surface area contributed by atoms with E-state index in [1.807, 2.05) is 0 Å². The van der Waals surface area contributed by atoms with Crippen LogP contribution in [0.15, 0.2) is 46.9 Å². The molecule has 0 saturated heterocycles. The average Bonchev–Trinajstić information content (AvgIpc) is 2.38. The van der Waals surface area contributed by atoms with Gasteiger partial charge in [0.25, 0.3) is 0 Å². The van der Waals surface area contributed by atoms with Gasteiger partial charge in [0.15, 0.2) is 0 Å². The van der Waals surface area contributed by atoms with Gasteiger partial charge >= 0.3 is 0 Å². The van der Waals surface area contributed by atoms with Crippen LogP contribution in [-0.2, 0) is 11.2 Å². The molecule has 19 heavy (non-hydrogen) atoms. The molecule has 0 heterocycles. The second-order valence-corrected chi connectivity index (χ2v) is 5.15. The first kappa shape index (κ1) is 14.0. The van der Waals surface area contributed by atoms with Crippen molar-refractivity contribution in [2.75, 3.05) is 5.32 Å². The predicted octanol–water partition coefficient (Wildman–Crippen LogP) is 4.42. The van der Waals surface area contributed by atoms with Crippen LogP contribution in [-0.4, -0.2) is 5.91 Å². The van der Waals surface area contributed by atoms with Crippen LogP contribution in [0.1, 0.15) is 5.56 Å². The third-order valence-corrected chi connectivity index (χ3v) is 3.90. The van der Waals surface area contributed by atoms with Crippen LogP contribution >= 0.6 is 27.5 Å². The van der Waals surface area contributed by atoms with Gasteiger partial charge in [-0.1, -0.05) is 29.8 Å². The van der Waals surface area contributed by atoms with Crippen LogP contribution in [0.5, 0.6) is 0 Å². The molecule has 98 valence electrons. The number of benzene rings is 2. The molecule has 0 aromatic heterocycles. The minimum Gasteiger partial charge on any atom is -0.325 e. The Bertz CT molecular complexity index is 601. The van der Waals surface area contributed by atoms with E-state index in [2.05, 4.69) is 21.2 Å². The van der Waals surface area contributed by atoms with Crippen molar-refractivity contribution in [2.24, 2.45) is 0 Å². The fourth-order valence-electron chi connectivity index (χ4n) is 1.58. The number of carbonyl (C=O) groups is 1. The Morgan fingerprint density at radius 3 is 2.58 bits per heavy atom. The molecular formula is C14H10BrClFNO. The topological polar surface area (TPSA) is 29.1 Å². The van der Waals surface area contributed by atoms with E-state index in [0.717, 1.165) is 5.56 Å². The minimum atomic E-state index is -0.318. The van der Waals surface area contributed by atoms with E-state index in [1.165, 1.54) is 12.1 Å². The molecular weight excluding hydrogens is 333 g/mol. The molecule has 2 nitrogen and oxygen atoms in total. The van der Waals surface area contributed by atoms with Gasteiger partial charge < -0.3 is 5.32 Å². The Balaban J connectivity index is 2.05. The summed E-state index contributed by atoms with van der Waals surface area (Å²) in [7, 11) is 0. The molecule has 0 atom stereocenters. The highest BCUT2D eigenvalue weighted by atomic mass is 79.9. The molecule has 2 aromatic carbocycles. The fourth-order valence-corrected chi connectivity index (χ4v) is 2.12. The summed E-state index contributed by atoms with van der Waals surface area (Å²) in [5, 5.41) is 3.28. The highest BCUT2D eigenvalue weighted by molar-refractivity contribution is 9.10. The maximum atomic E-state index is 12.7. The Labute approximate surface area is 123 Å². The summed E-state index contributed by atoms with van der Waals surface area (Å²) in [5.74, 6) is -0.503. The van der Waals surface area contributed by atoms with Crippen LogP contribution in [0.2, 0.25) is 5.02 Å².